The van der Waals surface area contributed by atoms with Crippen molar-refractivity contribution in [3.05, 3.63) is 24.3 Å². The normalized spacial score (nSPS) is 11.3. The Labute approximate surface area is 85.1 Å². The first-order chi connectivity index (χ1) is 6.81. The van der Waals surface area contributed by atoms with E-state index >= 15 is 0 Å². The highest BCUT2D eigenvalue weighted by atomic mass is 16.5. The summed E-state index contributed by atoms with van der Waals surface area (Å²) in [5.74, 6) is -0.313. The number of esters is 1. The van der Waals surface area contributed by atoms with Gasteiger partial charge in [0, 0.05) is 12.7 Å². The molecule has 3 heteroatoms. The van der Waals surface area contributed by atoms with Gasteiger partial charge in [0.25, 0.3) is 0 Å². The average Bonchev–Trinajstić information content (AvgIpc) is 2.18. The van der Waals surface area contributed by atoms with E-state index in [2.05, 4.69) is 0 Å². The van der Waals surface area contributed by atoms with E-state index in [-0.39, 0.29) is 12.6 Å². The standard InChI is InChI=1S/C11H18O3/c1-2-3-5-8-11(13)14-10-7-4-6-9-12/h2-3,5,8,12H,4,6-7,9-10H2,1H3/b3-2+,8-5+. The van der Waals surface area contributed by atoms with Crippen LogP contribution < -0.4 is 0 Å². The summed E-state index contributed by atoms with van der Waals surface area (Å²) in [6.45, 7) is 2.51. The highest BCUT2D eigenvalue weighted by molar-refractivity contribution is 5.82. The number of aliphatic hydroxyl groups excluding tert-OH is 1. The van der Waals surface area contributed by atoms with Gasteiger partial charge in [-0.15, -0.1) is 0 Å². The van der Waals surface area contributed by atoms with Crippen LogP contribution in [0.4, 0.5) is 0 Å². The van der Waals surface area contributed by atoms with E-state index < -0.39 is 0 Å². The van der Waals surface area contributed by atoms with E-state index in [4.69, 9.17) is 9.84 Å². The maximum absolute atomic E-state index is 11.0. The van der Waals surface area contributed by atoms with Gasteiger partial charge in [-0.25, -0.2) is 4.79 Å². The summed E-state index contributed by atoms with van der Waals surface area (Å²) in [4.78, 5) is 11.0. The van der Waals surface area contributed by atoms with Gasteiger partial charge in [-0.2, -0.15) is 0 Å². The number of ether oxygens (including phenoxy) is 1. The average molecular weight is 198 g/mol. The minimum Gasteiger partial charge on any atom is -0.463 e. The van der Waals surface area contributed by atoms with Gasteiger partial charge in [0.05, 0.1) is 6.61 Å². The van der Waals surface area contributed by atoms with Gasteiger partial charge in [0.2, 0.25) is 0 Å². The van der Waals surface area contributed by atoms with Gasteiger partial charge in [0.1, 0.15) is 0 Å². The minimum absolute atomic E-state index is 0.204. The fourth-order valence-corrected chi connectivity index (χ4v) is 0.857. The van der Waals surface area contributed by atoms with Gasteiger partial charge in [0.15, 0.2) is 0 Å². The third-order valence-electron chi connectivity index (χ3n) is 1.58. The number of carbonyl (C=O) groups excluding carboxylic acids is 1. The summed E-state index contributed by atoms with van der Waals surface area (Å²) >= 11 is 0. The molecule has 0 aromatic carbocycles. The highest BCUT2D eigenvalue weighted by Gasteiger charge is 1.94. The van der Waals surface area contributed by atoms with Crippen LogP contribution in [0.5, 0.6) is 0 Å². The van der Waals surface area contributed by atoms with Crippen molar-refractivity contribution in [1.82, 2.24) is 0 Å². The predicted octanol–water partition coefficient (Wildman–Crippen LogP) is 1.82. The molecule has 0 aliphatic carbocycles. The molecule has 0 bridgehead atoms. The van der Waals surface area contributed by atoms with Crippen molar-refractivity contribution in [3.63, 3.8) is 0 Å². The van der Waals surface area contributed by atoms with Crippen molar-refractivity contribution in [2.45, 2.75) is 26.2 Å². The summed E-state index contributed by atoms with van der Waals surface area (Å²) in [5, 5.41) is 8.49. The molecular weight excluding hydrogens is 180 g/mol. The number of rotatable bonds is 7. The number of hydrogen-bond donors (Lipinski definition) is 1. The number of carbonyl (C=O) groups is 1. The third kappa shape index (κ3) is 9.00. The van der Waals surface area contributed by atoms with Crippen LogP contribution in [0.1, 0.15) is 26.2 Å². The van der Waals surface area contributed by atoms with Gasteiger partial charge in [-0.1, -0.05) is 18.2 Å². The fourth-order valence-electron chi connectivity index (χ4n) is 0.857. The molecule has 0 unspecified atom stereocenters. The Morgan fingerprint density at radius 3 is 2.71 bits per heavy atom. The largest absolute Gasteiger partial charge is 0.463 e. The molecule has 0 amide bonds. The molecule has 0 rings (SSSR count). The fraction of sp³-hybridized carbons (Fsp3) is 0.545. The van der Waals surface area contributed by atoms with Crippen molar-refractivity contribution in [1.29, 1.82) is 0 Å². The summed E-state index contributed by atoms with van der Waals surface area (Å²) in [6, 6.07) is 0. The maximum atomic E-state index is 11.0. The molecule has 1 N–H and O–H groups in total. The van der Waals surface area contributed by atoms with E-state index in [1.165, 1.54) is 6.08 Å². The Hall–Kier alpha value is -1.09. The molecule has 0 aromatic rings. The predicted molar refractivity (Wildman–Crippen MR) is 55.8 cm³/mol. The molecule has 0 aliphatic heterocycles. The van der Waals surface area contributed by atoms with Crippen molar-refractivity contribution in [2.75, 3.05) is 13.2 Å². The second-order valence-corrected chi connectivity index (χ2v) is 2.84. The zero-order valence-electron chi connectivity index (χ0n) is 8.61. The van der Waals surface area contributed by atoms with Crippen LogP contribution in [-0.4, -0.2) is 24.3 Å². The van der Waals surface area contributed by atoms with Crippen molar-refractivity contribution < 1.29 is 14.6 Å². The zero-order valence-corrected chi connectivity index (χ0v) is 8.61. The Kier molecular flexibility index (Phi) is 9.22. The summed E-state index contributed by atoms with van der Waals surface area (Å²) in [5.41, 5.74) is 0. The molecule has 0 saturated heterocycles. The molecule has 0 atom stereocenters. The highest BCUT2D eigenvalue weighted by Crippen LogP contribution is 1.95. The van der Waals surface area contributed by atoms with Crippen LogP contribution in [-0.2, 0) is 9.53 Å². The summed E-state index contributed by atoms with van der Waals surface area (Å²) < 4.78 is 4.89. The lowest BCUT2D eigenvalue weighted by molar-refractivity contribution is -0.137. The number of allylic oxidation sites excluding steroid dienone is 3. The first-order valence-corrected chi connectivity index (χ1v) is 4.88. The van der Waals surface area contributed by atoms with Crippen molar-refractivity contribution >= 4 is 5.97 Å². The van der Waals surface area contributed by atoms with Crippen molar-refractivity contribution in [3.8, 4) is 0 Å². The van der Waals surface area contributed by atoms with Gasteiger partial charge >= 0.3 is 5.97 Å². The molecule has 0 aliphatic rings. The first kappa shape index (κ1) is 12.9. The Bertz CT molecular complexity index is 195. The van der Waals surface area contributed by atoms with Crippen LogP contribution in [0.3, 0.4) is 0 Å². The molecule has 80 valence electrons. The van der Waals surface area contributed by atoms with Crippen molar-refractivity contribution in [2.24, 2.45) is 0 Å². The quantitative estimate of drug-likeness (QED) is 0.294. The van der Waals surface area contributed by atoms with Gasteiger partial charge < -0.3 is 9.84 Å². The topological polar surface area (TPSA) is 46.5 Å². The lowest BCUT2D eigenvalue weighted by Crippen LogP contribution is -2.02. The van der Waals surface area contributed by atoms with Crippen LogP contribution in [0.2, 0.25) is 0 Å². The molecule has 0 radical (unpaired) electrons. The number of aliphatic hydroxyl groups is 1. The molecule has 3 nitrogen and oxygen atoms in total. The monoisotopic (exact) mass is 198 g/mol. The molecule has 0 spiro atoms. The SMILES string of the molecule is C/C=C/C=C/C(=O)OCCCCCO. The summed E-state index contributed by atoms with van der Waals surface area (Å²) in [6.07, 6.45) is 9.12. The molecule has 0 heterocycles. The van der Waals surface area contributed by atoms with Crippen LogP contribution in [0.25, 0.3) is 0 Å². The first-order valence-electron chi connectivity index (χ1n) is 4.88. The number of unbranched alkanes of at least 4 members (excludes halogenated alkanes) is 2. The Balaban J connectivity index is 3.35. The molecule has 14 heavy (non-hydrogen) atoms. The molecule has 0 saturated carbocycles. The lowest BCUT2D eigenvalue weighted by atomic mass is 10.2. The smallest absolute Gasteiger partial charge is 0.330 e. The Morgan fingerprint density at radius 1 is 1.29 bits per heavy atom. The number of hydrogen-bond acceptors (Lipinski definition) is 3. The van der Waals surface area contributed by atoms with Gasteiger partial charge in [-0.05, 0) is 26.2 Å². The van der Waals surface area contributed by atoms with E-state index in [0.29, 0.717) is 6.61 Å². The van der Waals surface area contributed by atoms with E-state index in [9.17, 15) is 4.79 Å². The van der Waals surface area contributed by atoms with E-state index in [0.717, 1.165) is 19.3 Å². The lowest BCUT2D eigenvalue weighted by Gasteiger charge is -2.00. The van der Waals surface area contributed by atoms with Crippen LogP contribution >= 0.6 is 0 Å². The van der Waals surface area contributed by atoms with Gasteiger partial charge in [-0.3, -0.25) is 0 Å². The molecule has 0 fully saturated rings. The van der Waals surface area contributed by atoms with E-state index in [1.54, 1.807) is 12.2 Å². The Morgan fingerprint density at radius 2 is 2.07 bits per heavy atom. The molecular formula is C11H18O3. The third-order valence-corrected chi connectivity index (χ3v) is 1.58. The van der Waals surface area contributed by atoms with Crippen LogP contribution in [0, 0.1) is 0 Å². The second-order valence-electron chi connectivity index (χ2n) is 2.84. The van der Waals surface area contributed by atoms with E-state index in [1.807, 2.05) is 13.0 Å². The summed E-state index contributed by atoms with van der Waals surface area (Å²) in [7, 11) is 0. The maximum Gasteiger partial charge on any atom is 0.330 e. The molecule has 0 aromatic heterocycles. The second kappa shape index (κ2) is 9.99. The minimum atomic E-state index is -0.313. The zero-order chi connectivity index (χ0) is 10.6. The van der Waals surface area contributed by atoms with Crippen LogP contribution in [0.15, 0.2) is 24.3 Å².